The lowest BCUT2D eigenvalue weighted by Gasteiger charge is -2.28. The maximum atomic E-state index is 6.20. The molecule has 0 aliphatic carbocycles. The average molecular weight is 542 g/mol. The largest absolute Gasteiger partial charge is 0.456 e. The van der Waals surface area contributed by atoms with Crippen molar-refractivity contribution in [3.63, 3.8) is 0 Å². The number of nitrogens with zero attached hydrogens (tertiary/aromatic N) is 1. The molecule has 41 heavy (non-hydrogen) atoms. The molecule has 0 amide bonds. The maximum absolute atomic E-state index is 6.20. The molecule has 7 aromatic carbocycles. The molecule has 2 aromatic heterocycles. The predicted octanol–water partition coefficient (Wildman–Crippen LogP) is 11.7. The molecule has 0 atom stereocenters. The predicted molar refractivity (Wildman–Crippen MR) is 176 cm³/mol. The lowest BCUT2D eigenvalue weighted by atomic mass is 9.98. The van der Waals surface area contributed by atoms with Gasteiger partial charge in [0, 0.05) is 47.7 Å². The summed E-state index contributed by atoms with van der Waals surface area (Å²) in [5.41, 5.74) is 5.20. The van der Waals surface area contributed by atoms with E-state index in [0.29, 0.717) is 0 Å². The fraction of sp³-hybridized carbons (Fsp3) is 0. The molecular weight excluding hydrogens is 518 g/mol. The van der Waals surface area contributed by atoms with Crippen LogP contribution in [0.5, 0.6) is 0 Å². The Hall–Kier alpha value is -5.12. The first-order valence-corrected chi connectivity index (χ1v) is 14.7. The molecule has 9 rings (SSSR count). The van der Waals surface area contributed by atoms with E-state index in [-0.39, 0.29) is 0 Å². The monoisotopic (exact) mass is 541 g/mol. The summed E-state index contributed by atoms with van der Waals surface area (Å²) in [5.74, 6) is 0. The van der Waals surface area contributed by atoms with Gasteiger partial charge in [-0.25, -0.2) is 0 Å². The number of thiophene rings is 1. The van der Waals surface area contributed by atoms with Crippen LogP contribution in [0, 0.1) is 0 Å². The Kier molecular flexibility index (Phi) is 4.80. The lowest BCUT2D eigenvalue weighted by Crippen LogP contribution is -2.10. The van der Waals surface area contributed by atoms with E-state index < -0.39 is 0 Å². The molecule has 9 aromatic rings. The molecule has 0 aliphatic rings. The van der Waals surface area contributed by atoms with Crippen molar-refractivity contribution in [2.45, 2.75) is 0 Å². The van der Waals surface area contributed by atoms with E-state index in [1.165, 1.54) is 41.7 Å². The van der Waals surface area contributed by atoms with Gasteiger partial charge < -0.3 is 9.32 Å². The maximum Gasteiger partial charge on any atom is 0.135 e. The van der Waals surface area contributed by atoms with Crippen LogP contribution in [0.1, 0.15) is 0 Å². The quantitative estimate of drug-likeness (QED) is 0.207. The number of hydrogen-bond donors (Lipinski definition) is 0. The summed E-state index contributed by atoms with van der Waals surface area (Å²) in [6.07, 6.45) is 0. The average Bonchev–Trinajstić information content (AvgIpc) is 3.59. The van der Waals surface area contributed by atoms with Crippen molar-refractivity contribution in [3.8, 4) is 0 Å². The summed E-state index contributed by atoms with van der Waals surface area (Å²) in [4.78, 5) is 2.42. The van der Waals surface area contributed by atoms with E-state index in [1.54, 1.807) is 0 Å². The zero-order valence-electron chi connectivity index (χ0n) is 22.0. The highest BCUT2D eigenvalue weighted by atomic mass is 32.1. The van der Waals surface area contributed by atoms with E-state index in [2.05, 4.69) is 132 Å². The molecule has 0 fully saturated rings. The third-order valence-electron chi connectivity index (χ3n) is 8.22. The first kappa shape index (κ1) is 22.7. The second-order valence-corrected chi connectivity index (χ2v) is 11.6. The van der Waals surface area contributed by atoms with E-state index in [0.717, 1.165) is 39.0 Å². The van der Waals surface area contributed by atoms with Crippen LogP contribution < -0.4 is 4.90 Å². The topological polar surface area (TPSA) is 16.4 Å². The Morgan fingerprint density at radius 2 is 1.02 bits per heavy atom. The first-order valence-electron chi connectivity index (χ1n) is 13.9. The molecule has 0 saturated heterocycles. The van der Waals surface area contributed by atoms with Crippen LogP contribution in [0.25, 0.3) is 63.7 Å². The van der Waals surface area contributed by atoms with Gasteiger partial charge in [0.2, 0.25) is 0 Å². The van der Waals surface area contributed by atoms with Gasteiger partial charge in [-0.1, -0.05) is 84.9 Å². The van der Waals surface area contributed by atoms with Crippen molar-refractivity contribution >= 4 is 92.1 Å². The van der Waals surface area contributed by atoms with Crippen LogP contribution in [-0.2, 0) is 0 Å². The van der Waals surface area contributed by atoms with Crippen molar-refractivity contribution in [2.24, 2.45) is 0 Å². The van der Waals surface area contributed by atoms with Crippen molar-refractivity contribution in [1.82, 2.24) is 0 Å². The molecule has 2 nitrogen and oxygen atoms in total. The highest BCUT2D eigenvalue weighted by molar-refractivity contribution is 7.25. The van der Waals surface area contributed by atoms with Crippen LogP contribution in [-0.4, -0.2) is 0 Å². The van der Waals surface area contributed by atoms with Gasteiger partial charge in [-0.2, -0.15) is 0 Å². The minimum atomic E-state index is 0.901. The molecule has 2 heterocycles. The number of anilines is 3. The highest BCUT2D eigenvalue weighted by Crippen LogP contribution is 2.45. The number of fused-ring (bicyclic) bond motifs is 9. The van der Waals surface area contributed by atoms with Gasteiger partial charge in [-0.05, 0) is 70.8 Å². The van der Waals surface area contributed by atoms with Crippen LogP contribution >= 0.6 is 11.3 Å². The zero-order valence-corrected chi connectivity index (χ0v) is 22.9. The van der Waals surface area contributed by atoms with E-state index in [9.17, 15) is 0 Å². The molecule has 0 unspecified atom stereocenters. The number of rotatable bonds is 3. The molecule has 192 valence electrons. The van der Waals surface area contributed by atoms with Gasteiger partial charge in [0.05, 0.1) is 5.69 Å². The Morgan fingerprint density at radius 1 is 0.415 bits per heavy atom. The molecule has 0 radical (unpaired) electrons. The first-order chi connectivity index (χ1) is 20.3. The summed E-state index contributed by atoms with van der Waals surface area (Å²) >= 11 is 1.85. The Bertz CT molecular complexity index is 2330. The van der Waals surface area contributed by atoms with Gasteiger partial charge in [-0.15, -0.1) is 11.3 Å². The number of para-hydroxylation sites is 1. The molecular formula is C38H23NOS. The minimum Gasteiger partial charge on any atom is -0.456 e. The fourth-order valence-corrected chi connectivity index (χ4v) is 7.44. The van der Waals surface area contributed by atoms with Crippen LogP contribution in [0.3, 0.4) is 0 Å². The second-order valence-electron chi connectivity index (χ2n) is 10.6. The summed E-state index contributed by atoms with van der Waals surface area (Å²) < 4.78 is 8.82. The summed E-state index contributed by atoms with van der Waals surface area (Å²) in [6, 6.07) is 50.2. The Balaban J connectivity index is 1.38. The second kappa shape index (κ2) is 8.69. The fourth-order valence-electron chi connectivity index (χ4n) is 6.35. The lowest BCUT2D eigenvalue weighted by molar-refractivity contribution is 0.669. The van der Waals surface area contributed by atoms with E-state index >= 15 is 0 Å². The number of hydrogen-bond acceptors (Lipinski definition) is 3. The number of furan rings is 1. The normalized spacial score (nSPS) is 11.9. The molecule has 3 heteroatoms. The number of benzene rings is 7. The SMILES string of the molecule is c1ccc2c(c1)cc(N(c1ccc3oc4ccccc4c3c1)c1ccc3sc4ccccc4c3c1)c1ccccc12. The standard InChI is InChI=1S/C38H23NOS/c1-2-10-27-24(9-1)21-34(29-12-4-3-11-28(27)29)39(25-17-19-36-32(22-25)30-13-5-7-15-35(30)40-36)26-18-20-38-33(23-26)31-14-6-8-16-37(31)41-38/h1-23H. The third-order valence-corrected chi connectivity index (χ3v) is 9.38. The van der Waals surface area contributed by atoms with Crippen LogP contribution in [0.15, 0.2) is 144 Å². The molecule has 0 aliphatic heterocycles. The molecule has 0 saturated carbocycles. The van der Waals surface area contributed by atoms with E-state index in [1.807, 2.05) is 23.5 Å². The Morgan fingerprint density at radius 3 is 1.90 bits per heavy atom. The van der Waals surface area contributed by atoms with Gasteiger partial charge >= 0.3 is 0 Å². The van der Waals surface area contributed by atoms with Crippen molar-refractivity contribution in [1.29, 1.82) is 0 Å². The van der Waals surface area contributed by atoms with Gasteiger partial charge in [-0.3, -0.25) is 0 Å². The highest BCUT2D eigenvalue weighted by Gasteiger charge is 2.20. The van der Waals surface area contributed by atoms with Gasteiger partial charge in [0.25, 0.3) is 0 Å². The molecule has 0 N–H and O–H groups in total. The van der Waals surface area contributed by atoms with Crippen LogP contribution in [0.2, 0.25) is 0 Å². The smallest absolute Gasteiger partial charge is 0.135 e. The third kappa shape index (κ3) is 3.43. The van der Waals surface area contributed by atoms with Crippen molar-refractivity contribution in [2.75, 3.05) is 4.90 Å². The molecule has 0 spiro atoms. The van der Waals surface area contributed by atoms with Gasteiger partial charge in [0.15, 0.2) is 0 Å². The Labute approximate surface area is 240 Å². The zero-order chi connectivity index (χ0) is 26.9. The molecule has 0 bridgehead atoms. The van der Waals surface area contributed by atoms with Gasteiger partial charge in [0.1, 0.15) is 11.2 Å². The van der Waals surface area contributed by atoms with E-state index in [4.69, 9.17) is 4.42 Å². The minimum absolute atomic E-state index is 0.901. The van der Waals surface area contributed by atoms with Crippen molar-refractivity contribution < 1.29 is 4.42 Å². The summed E-state index contributed by atoms with van der Waals surface area (Å²) in [7, 11) is 0. The summed E-state index contributed by atoms with van der Waals surface area (Å²) in [5, 5.41) is 9.80. The van der Waals surface area contributed by atoms with Crippen molar-refractivity contribution in [3.05, 3.63) is 140 Å². The summed E-state index contributed by atoms with van der Waals surface area (Å²) in [6.45, 7) is 0. The van der Waals surface area contributed by atoms with Crippen LogP contribution in [0.4, 0.5) is 17.1 Å².